The fourth-order valence-corrected chi connectivity index (χ4v) is 2.77. The van der Waals surface area contributed by atoms with Crippen LogP contribution in [0.3, 0.4) is 0 Å². The maximum absolute atomic E-state index is 12.2. The number of rotatable bonds is 7. The van der Waals surface area contributed by atoms with E-state index < -0.39 is 6.10 Å². The summed E-state index contributed by atoms with van der Waals surface area (Å²) < 4.78 is 11.1. The van der Waals surface area contributed by atoms with Crippen molar-refractivity contribution in [1.82, 2.24) is 10.2 Å². The fraction of sp³-hybridized carbons (Fsp3) is 0.650. The van der Waals surface area contributed by atoms with E-state index in [1.165, 1.54) is 5.56 Å². The van der Waals surface area contributed by atoms with Crippen molar-refractivity contribution in [3.05, 3.63) is 29.8 Å². The molecule has 0 aliphatic carbocycles. The number of nitrogens with one attached hydrogen (secondary N) is 1. The van der Waals surface area contributed by atoms with E-state index in [9.17, 15) is 4.79 Å². The Morgan fingerprint density at radius 1 is 1.24 bits per heavy atom. The van der Waals surface area contributed by atoms with Gasteiger partial charge in [-0.2, -0.15) is 0 Å². The second-order valence-corrected chi connectivity index (χ2v) is 7.63. The molecule has 1 fully saturated rings. The van der Waals surface area contributed by atoms with Crippen LogP contribution in [0.25, 0.3) is 0 Å². The average Bonchev–Trinajstić information content (AvgIpc) is 2.59. The van der Waals surface area contributed by atoms with Crippen LogP contribution < -0.4 is 10.1 Å². The molecule has 0 unspecified atom stereocenters. The first-order valence-corrected chi connectivity index (χ1v) is 9.21. The van der Waals surface area contributed by atoms with Gasteiger partial charge in [-0.05, 0) is 43.0 Å². The Kier molecular flexibility index (Phi) is 7.26. The second-order valence-electron chi connectivity index (χ2n) is 7.63. The highest BCUT2D eigenvalue weighted by molar-refractivity contribution is 5.80. The number of hydrogen-bond acceptors (Lipinski definition) is 4. The van der Waals surface area contributed by atoms with Gasteiger partial charge in [-0.1, -0.05) is 32.9 Å². The zero-order valence-corrected chi connectivity index (χ0v) is 16.0. The van der Waals surface area contributed by atoms with Crippen LogP contribution in [0.15, 0.2) is 24.3 Å². The summed E-state index contributed by atoms with van der Waals surface area (Å²) in [6, 6.07) is 7.98. The number of morpholine rings is 1. The molecule has 2 rings (SSSR count). The van der Waals surface area contributed by atoms with Gasteiger partial charge >= 0.3 is 0 Å². The van der Waals surface area contributed by atoms with Crippen LogP contribution in [0.4, 0.5) is 0 Å². The molecule has 1 N–H and O–H groups in total. The van der Waals surface area contributed by atoms with Gasteiger partial charge in [0.2, 0.25) is 0 Å². The molecule has 1 aliphatic rings. The summed E-state index contributed by atoms with van der Waals surface area (Å²) >= 11 is 0. The van der Waals surface area contributed by atoms with Crippen LogP contribution in [-0.2, 0) is 14.9 Å². The van der Waals surface area contributed by atoms with E-state index in [-0.39, 0.29) is 11.3 Å². The van der Waals surface area contributed by atoms with Gasteiger partial charge in [0.05, 0.1) is 13.2 Å². The molecule has 1 heterocycles. The van der Waals surface area contributed by atoms with E-state index in [1.54, 1.807) is 6.92 Å². The van der Waals surface area contributed by atoms with E-state index in [1.807, 2.05) is 12.1 Å². The molecule has 140 valence electrons. The van der Waals surface area contributed by atoms with Crippen molar-refractivity contribution in [2.24, 2.45) is 0 Å². The minimum atomic E-state index is -0.496. The smallest absolute Gasteiger partial charge is 0.260 e. The van der Waals surface area contributed by atoms with Crippen LogP contribution in [-0.4, -0.2) is 56.3 Å². The molecule has 1 aromatic carbocycles. The summed E-state index contributed by atoms with van der Waals surface area (Å²) in [5, 5.41) is 2.96. The molecule has 1 aromatic rings. The number of amides is 1. The maximum atomic E-state index is 12.2. The van der Waals surface area contributed by atoms with Gasteiger partial charge in [-0.3, -0.25) is 9.69 Å². The Bertz CT molecular complexity index is 531. The van der Waals surface area contributed by atoms with Crippen molar-refractivity contribution in [1.29, 1.82) is 0 Å². The zero-order valence-electron chi connectivity index (χ0n) is 16.0. The van der Waals surface area contributed by atoms with Crippen molar-refractivity contribution in [2.75, 3.05) is 39.4 Å². The van der Waals surface area contributed by atoms with Gasteiger partial charge in [0, 0.05) is 19.6 Å². The zero-order chi connectivity index (χ0) is 18.3. The molecule has 0 aromatic heterocycles. The second kappa shape index (κ2) is 9.20. The minimum absolute atomic E-state index is 0.0677. The molecule has 25 heavy (non-hydrogen) atoms. The van der Waals surface area contributed by atoms with Crippen LogP contribution in [0.1, 0.15) is 39.7 Å². The largest absolute Gasteiger partial charge is 0.481 e. The van der Waals surface area contributed by atoms with Gasteiger partial charge < -0.3 is 14.8 Å². The van der Waals surface area contributed by atoms with Gasteiger partial charge in [-0.25, -0.2) is 0 Å². The first-order chi connectivity index (χ1) is 11.9. The summed E-state index contributed by atoms with van der Waals surface area (Å²) in [7, 11) is 0. The Hall–Kier alpha value is -1.59. The summed E-state index contributed by atoms with van der Waals surface area (Å²) in [6.45, 7) is 13.6. The summed E-state index contributed by atoms with van der Waals surface area (Å²) in [4.78, 5) is 14.5. The van der Waals surface area contributed by atoms with E-state index in [2.05, 4.69) is 43.1 Å². The van der Waals surface area contributed by atoms with Crippen LogP contribution >= 0.6 is 0 Å². The Labute approximate surface area is 151 Å². The Morgan fingerprint density at radius 2 is 1.88 bits per heavy atom. The third kappa shape index (κ3) is 6.67. The van der Waals surface area contributed by atoms with E-state index >= 15 is 0 Å². The lowest BCUT2D eigenvalue weighted by Crippen LogP contribution is -2.40. The first-order valence-electron chi connectivity index (χ1n) is 9.21. The highest BCUT2D eigenvalue weighted by Crippen LogP contribution is 2.24. The van der Waals surface area contributed by atoms with Crippen molar-refractivity contribution in [3.8, 4) is 5.75 Å². The van der Waals surface area contributed by atoms with Gasteiger partial charge in [0.25, 0.3) is 5.91 Å². The number of ether oxygens (including phenoxy) is 2. The Morgan fingerprint density at radius 3 is 2.48 bits per heavy atom. The topological polar surface area (TPSA) is 50.8 Å². The first kappa shape index (κ1) is 19.7. The summed E-state index contributed by atoms with van der Waals surface area (Å²) in [5.74, 6) is 0.658. The predicted molar refractivity (Wildman–Crippen MR) is 100 cm³/mol. The highest BCUT2D eigenvalue weighted by atomic mass is 16.5. The molecule has 0 radical (unpaired) electrons. The van der Waals surface area contributed by atoms with Crippen LogP contribution in [0, 0.1) is 0 Å². The van der Waals surface area contributed by atoms with Crippen LogP contribution in [0.5, 0.6) is 5.75 Å². The molecule has 0 saturated carbocycles. The minimum Gasteiger partial charge on any atom is -0.481 e. The van der Waals surface area contributed by atoms with Crippen molar-refractivity contribution in [3.63, 3.8) is 0 Å². The molecule has 5 heteroatoms. The lowest BCUT2D eigenvalue weighted by molar-refractivity contribution is -0.127. The average molecular weight is 348 g/mol. The lowest BCUT2D eigenvalue weighted by atomic mass is 9.87. The normalized spacial score (nSPS) is 17.1. The van der Waals surface area contributed by atoms with Gasteiger partial charge in [0.15, 0.2) is 6.10 Å². The molecule has 0 spiro atoms. The molecule has 1 atom stereocenters. The maximum Gasteiger partial charge on any atom is 0.260 e. The molecule has 1 aliphatic heterocycles. The highest BCUT2D eigenvalue weighted by Gasteiger charge is 2.16. The van der Waals surface area contributed by atoms with Crippen molar-refractivity contribution < 1.29 is 14.3 Å². The molecule has 1 saturated heterocycles. The summed E-state index contributed by atoms with van der Waals surface area (Å²) in [6.07, 6.45) is 0.447. The monoisotopic (exact) mass is 348 g/mol. The van der Waals surface area contributed by atoms with Crippen molar-refractivity contribution in [2.45, 2.75) is 45.6 Å². The molecular weight excluding hydrogens is 316 g/mol. The molecule has 0 bridgehead atoms. The predicted octanol–water partition coefficient (Wildman–Crippen LogP) is 2.59. The lowest BCUT2D eigenvalue weighted by Gasteiger charge is -2.26. The van der Waals surface area contributed by atoms with Gasteiger partial charge in [0.1, 0.15) is 5.75 Å². The molecular formula is C20H32N2O3. The standard InChI is InChI=1S/C20H32N2O3/c1-16(25-18-8-6-17(7-9-18)20(2,3)4)19(23)21-10-5-11-22-12-14-24-15-13-22/h6-9,16H,5,10-15H2,1-4H3,(H,21,23)/t16-/m1/s1. The SMILES string of the molecule is C[C@@H](Oc1ccc(C(C)(C)C)cc1)C(=O)NCCCN1CCOCC1. The van der Waals surface area contributed by atoms with Gasteiger partial charge in [-0.15, -0.1) is 0 Å². The number of benzene rings is 1. The molecule has 1 amide bonds. The van der Waals surface area contributed by atoms with E-state index in [0.717, 1.165) is 45.0 Å². The quantitative estimate of drug-likeness (QED) is 0.770. The van der Waals surface area contributed by atoms with Crippen molar-refractivity contribution >= 4 is 5.91 Å². The third-order valence-corrected chi connectivity index (χ3v) is 4.46. The summed E-state index contributed by atoms with van der Waals surface area (Å²) in [5.41, 5.74) is 1.36. The molecule has 5 nitrogen and oxygen atoms in total. The van der Waals surface area contributed by atoms with E-state index in [4.69, 9.17) is 9.47 Å². The number of carbonyl (C=O) groups excluding carboxylic acids is 1. The van der Waals surface area contributed by atoms with E-state index in [0.29, 0.717) is 6.54 Å². The third-order valence-electron chi connectivity index (χ3n) is 4.46. The number of nitrogens with zero attached hydrogens (tertiary/aromatic N) is 1. The number of hydrogen-bond donors (Lipinski definition) is 1. The van der Waals surface area contributed by atoms with Crippen LogP contribution in [0.2, 0.25) is 0 Å². The number of carbonyl (C=O) groups is 1. The fourth-order valence-electron chi connectivity index (χ4n) is 2.77. The Balaban J connectivity index is 1.69.